The number of halogens is 1. The highest BCUT2D eigenvalue weighted by atomic mass is 19.1. The van der Waals surface area contributed by atoms with E-state index in [1.165, 1.54) is 19.4 Å². The highest BCUT2D eigenvalue weighted by Crippen LogP contribution is 2.28. The first-order valence-electron chi connectivity index (χ1n) is 14.0. The van der Waals surface area contributed by atoms with Gasteiger partial charge in [0.15, 0.2) is 17.3 Å². The molecule has 0 spiro atoms. The Hall–Kier alpha value is -3.99. The third-order valence-corrected chi connectivity index (χ3v) is 8.27. The molecule has 2 saturated heterocycles. The number of likely N-dealkylation sites (tertiary alicyclic amines) is 1. The van der Waals surface area contributed by atoms with Crippen molar-refractivity contribution in [2.75, 3.05) is 57.3 Å². The molecule has 5 heterocycles. The van der Waals surface area contributed by atoms with Crippen molar-refractivity contribution in [1.82, 2.24) is 29.1 Å². The summed E-state index contributed by atoms with van der Waals surface area (Å²) in [4.78, 5) is 49.8. The molecule has 3 aromatic heterocycles. The number of nitrogens with one attached hydrogen (secondary N) is 1. The fourth-order valence-electron chi connectivity index (χ4n) is 6.11. The van der Waals surface area contributed by atoms with E-state index in [4.69, 9.17) is 4.98 Å². The van der Waals surface area contributed by atoms with Crippen molar-refractivity contribution >= 4 is 45.3 Å². The summed E-state index contributed by atoms with van der Waals surface area (Å²) in [5, 5.41) is 3.00. The van der Waals surface area contributed by atoms with Crippen molar-refractivity contribution in [2.24, 2.45) is 7.05 Å². The third-order valence-electron chi connectivity index (χ3n) is 8.27. The van der Waals surface area contributed by atoms with Crippen LogP contribution in [0.25, 0.3) is 27.7 Å². The lowest BCUT2D eigenvalue weighted by molar-refractivity contribution is -0.129. The van der Waals surface area contributed by atoms with Gasteiger partial charge in [0.05, 0.1) is 16.4 Å². The molecule has 0 unspecified atom stereocenters. The Labute approximate surface area is 231 Å². The zero-order valence-corrected chi connectivity index (χ0v) is 23.0. The molecule has 2 aliphatic heterocycles. The number of amides is 2. The lowest BCUT2D eigenvalue weighted by atomic mass is 10.1. The maximum atomic E-state index is 15.6. The number of nitrogens with zero attached hydrogens (tertiary/aromatic N) is 6. The molecule has 0 aliphatic carbocycles. The van der Waals surface area contributed by atoms with Crippen molar-refractivity contribution in [2.45, 2.75) is 26.2 Å². The van der Waals surface area contributed by atoms with E-state index in [1.54, 1.807) is 14.2 Å². The van der Waals surface area contributed by atoms with E-state index < -0.39 is 17.2 Å². The Morgan fingerprint density at radius 1 is 1.00 bits per heavy atom. The summed E-state index contributed by atoms with van der Waals surface area (Å²) in [6, 6.07) is 8.81. The van der Waals surface area contributed by atoms with E-state index in [2.05, 4.69) is 10.2 Å². The number of pyridine rings is 2. The number of hydrogen-bond acceptors (Lipinski definition) is 6. The Balaban J connectivity index is 1.46. The smallest absolute Gasteiger partial charge is 0.259 e. The number of imidazole rings is 1. The molecular weight excluding hydrogens is 513 g/mol. The Morgan fingerprint density at radius 3 is 2.40 bits per heavy atom. The van der Waals surface area contributed by atoms with Crippen LogP contribution in [-0.2, 0) is 11.8 Å². The molecule has 10 nitrogen and oxygen atoms in total. The number of rotatable bonds is 5. The quantitative estimate of drug-likeness (QED) is 0.412. The van der Waals surface area contributed by atoms with Crippen molar-refractivity contribution in [3.05, 3.63) is 51.9 Å². The van der Waals surface area contributed by atoms with Crippen molar-refractivity contribution < 1.29 is 14.0 Å². The number of fused-ring (bicyclic) bond motifs is 5. The van der Waals surface area contributed by atoms with E-state index in [1.807, 2.05) is 35.9 Å². The monoisotopic (exact) mass is 547 g/mol. The van der Waals surface area contributed by atoms with Crippen LogP contribution >= 0.6 is 0 Å². The minimum Gasteiger partial charge on any atom is -0.351 e. The summed E-state index contributed by atoms with van der Waals surface area (Å²) in [5.74, 6) is -0.984. The molecule has 11 heteroatoms. The Bertz CT molecular complexity index is 1680. The molecule has 1 N–H and O–H groups in total. The molecule has 40 heavy (non-hydrogen) atoms. The summed E-state index contributed by atoms with van der Waals surface area (Å²) in [6.45, 7) is 6.48. The summed E-state index contributed by atoms with van der Waals surface area (Å²) >= 11 is 0. The van der Waals surface area contributed by atoms with Gasteiger partial charge in [-0.05, 0) is 44.1 Å². The van der Waals surface area contributed by atoms with Crippen LogP contribution in [0.3, 0.4) is 0 Å². The van der Waals surface area contributed by atoms with Gasteiger partial charge >= 0.3 is 0 Å². The third kappa shape index (κ3) is 4.47. The lowest BCUT2D eigenvalue weighted by Gasteiger charge is -2.35. The Kier molecular flexibility index (Phi) is 6.91. The number of aryl methyl sites for hydroxylation is 1. The van der Waals surface area contributed by atoms with Crippen LogP contribution in [0, 0.1) is 5.82 Å². The first kappa shape index (κ1) is 26.2. The number of anilines is 1. The standard InChI is InChI=1S/C29H34FN7O3/c1-19(38)35-14-16-36(17-15-35)27-21(30)18-20-25(39)24(28(40)31-10-13-34-11-6-3-7-12-34)29-33(2)22-8-4-5-9-23(22)37(29)26(20)32-27/h4-5,8-9,18H,3,6-7,10-17H2,1-2H3,(H,31,40). The van der Waals surface area contributed by atoms with Crippen LogP contribution in [0.4, 0.5) is 10.2 Å². The fourth-order valence-corrected chi connectivity index (χ4v) is 6.11. The largest absolute Gasteiger partial charge is 0.351 e. The SMILES string of the molecule is CC(=O)N1CCN(c2nc3c(cc2F)c(=O)c(C(=O)NCCN2CCCCC2)c2n(C)c4ccccc4n32)CC1. The van der Waals surface area contributed by atoms with E-state index in [0.717, 1.165) is 43.5 Å². The summed E-state index contributed by atoms with van der Waals surface area (Å²) in [6.07, 6.45) is 3.55. The first-order chi connectivity index (χ1) is 19.3. The summed E-state index contributed by atoms with van der Waals surface area (Å²) < 4.78 is 19.2. The van der Waals surface area contributed by atoms with E-state index in [9.17, 15) is 14.4 Å². The number of benzene rings is 1. The average Bonchev–Trinajstić information content (AvgIpc) is 3.26. The van der Waals surface area contributed by atoms with Gasteiger partial charge in [-0.1, -0.05) is 18.6 Å². The highest BCUT2D eigenvalue weighted by Gasteiger charge is 2.28. The maximum Gasteiger partial charge on any atom is 0.259 e. The number of piperazine rings is 1. The summed E-state index contributed by atoms with van der Waals surface area (Å²) in [7, 11) is 1.82. The molecule has 4 aromatic rings. The predicted molar refractivity (Wildman–Crippen MR) is 152 cm³/mol. The summed E-state index contributed by atoms with van der Waals surface area (Å²) in [5.41, 5.74) is 1.73. The van der Waals surface area contributed by atoms with Crippen LogP contribution < -0.4 is 15.6 Å². The molecular formula is C29H34FN7O3. The topological polar surface area (TPSA) is 95.2 Å². The molecule has 2 amide bonds. The second-order valence-corrected chi connectivity index (χ2v) is 10.7. The molecule has 0 bridgehead atoms. The fraction of sp³-hybridized carbons (Fsp3) is 0.448. The van der Waals surface area contributed by atoms with E-state index >= 15 is 4.39 Å². The maximum absolute atomic E-state index is 15.6. The van der Waals surface area contributed by atoms with Gasteiger partial charge in [0.1, 0.15) is 11.2 Å². The van der Waals surface area contributed by atoms with Gasteiger partial charge < -0.3 is 24.6 Å². The van der Waals surface area contributed by atoms with Gasteiger partial charge in [-0.3, -0.25) is 18.8 Å². The number of carbonyl (C=O) groups is 2. The van der Waals surface area contributed by atoms with Gasteiger partial charge in [0.25, 0.3) is 5.91 Å². The van der Waals surface area contributed by atoms with Gasteiger partial charge in [-0.25, -0.2) is 9.37 Å². The van der Waals surface area contributed by atoms with Crippen LogP contribution in [0.15, 0.2) is 35.1 Å². The van der Waals surface area contributed by atoms with Gasteiger partial charge in [-0.2, -0.15) is 0 Å². The normalized spacial score (nSPS) is 16.8. The lowest BCUT2D eigenvalue weighted by Crippen LogP contribution is -2.48. The van der Waals surface area contributed by atoms with E-state index in [-0.39, 0.29) is 22.7 Å². The van der Waals surface area contributed by atoms with Gasteiger partial charge in [0, 0.05) is 53.2 Å². The minimum absolute atomic E-state index is 0.0163. The van der Waals surface area contributed by atoms with Crippen LogP contribution in [-0.4, -0.2) is 87.9 Å². The number of para-hydroxylation sites is 2. The molecule has 2 fully saturated rings. The number of hydrogen-bond donors (Lipinski definition) is 1. The highest BCUT2D eigenvalue weighted by molar-refractivity contribution is 6.06. The van der Waals surface area contributed by atoms with Crippen LogP contribution in [0.5, 0.6) is 0 Å². The van der Waals surface area contributed by atoms with Gasteiger partial charge in [-0.15, -0.1) is 0 Å². The molecule has 0 radical (unpaired) electrons. The molecule has 6 rings (SSSR count). The zero-order chi connectivity index (χ0) is 28.0. The van der Waals surface area contributed by atoms with Crippen LogP contribution in [0.2, 0.25) is 0 Å². The molecule has 0 saturated carbocycles. The molecule has 2 aliphatic rings. The number of piperidine rings is 1. The van der Waals surface area contributed by atoms with Gasteiger partial charge in [0.2, 0.25) is 11.3 Å². The first-order valence-corrected chi connectivity index (χ1v) is 14.0. The average molecular weight is 548 g/mol. The molecule has 210 valence electrons. The van der Waals surface area contributed by atoms with Crippen molar-refractivity contribution in [3.63, 3.8) is 0 Å². The predicted octanol–water partition coefficient (Wildman–Crippen LogP) is 2.36. The molecule has 0 atom stereocenters. The molecule has 1 aromatic carbocycles. The van der Waals surface area contributed by atoms with Crippen molar-refractivity contribution in [3.8, 4) is 0 Å². The van der Waals surface area contributed by atoms with E-state index in [0.29, 0.717) is 44.0 Å². The minimum atomic E-state index is -0.627. The number of carbonyl (C=O) groups excluding carboxylic acids is 2. The number of aromatic nitrogens is 3. The second-order valence-electron chi connectivity index (χ2n) is 10.7. The zero-order valence-electron chi connectivity index (χ0n) is 23.0. The second kappa shape index (κ2) is 10.5. The van der Waals surface area contributed by atoms with Crippen LogP contribution in [0.1, 0.15) is 36.5 Å². The van der Waals surface area contributed by atoms with Crippen molar-refractivity contribution in [1.29, 1.82) is 0 Å². The Morgan fingerprint density at radius 2 is 1.70 bits per heavy atom.